The molecule has 1 fully saturated rings. The second-order valence-electron chi connectivity index (χ2n) is 8.57. The van der Waals surface area contributed by atoms with Crippen LogP contribution in [0.1, 0.15) is 49.1 Å². The van der Waals surface area contributed by atoms with Crippen molar-refractivity contribution in [2.75, 3.05) is 13.7 Å². The van der Waals surface area contributed by atoms with Crippen LogP contribution >= 0.6 is 0 Å². The lowest BCUT2D eigenvalue weighted by Crippen LogP contribution is -2.20. The lowest BCUT2D eigenvalue weighted by Gasteiger charge is -2.28. The number of unbranched alkanes of at least 4 members (excludes halogenated alkanes) is 2. The Morgan fingerprint density at radius 1 is 1.00 bits per heavy atom. The van der Waals surface area contributed by atoms with Gasteiger partial charge in [-0.25, -0.2) is 22.0 Å². The molecule has 0 N–H and O–H groups in total. The minimum Gasteiger partial charge on any atom is -0.385 e. The number of benzene rings is 2. The second-order valence-corrected chi connectivity index (χ2v) is 12.0. The van der Waals surface area contributed by atoms with E-state index in [9.17, 15) is 22.0 Å². The molecule has 7 heteroatoms. The lowest BCUT2D eigenvalue weighted by molar-refractivity contribution is 0.192. The largest absolute Gasteiger partial charge is 0.385 e. The molecule has 2 aromatic carbocycles. The molecule has 0 bridgehead atoms. The third-order valence-corrected chi connectivity index (χ3v) is 9.98. The van der Waals surface area contributed by atoms with Gasteiger partial charge in [-0.15, -0.1) is 0 Å². The fraction of sp³-hybridized carbons (Fsp3) is 0.440. The van der Waals surface area contributed by atoms with Crippen molar-refractivity contribution in [1.82, 2.24) is 0 Å². The molecule has 2 aromatic rings. The summed E-state index contributed by atoms with van der Waals surface area (Å²) in [6.07, 6.45) is 5.07. The molecule has 0 spiro atoms. The average molecular weight is 469 g/mol. The molecule has 1 aliphatic rings. The van der Waals surface area contributed by atoms with Crippen molar-refractivity contribution in [3.63, 3.8) is 0 Å². The summed E-state index contributed by atoms with van der Waals surface area (Å²) >= 11 is 0. The van der Waals surface area contributed by atoms with Crippen LogP contribution in [0.15, 0.2) is 36.7 Å². The Labute approximate surface area is 187 Å². The van der Waals surface area contributed by atoms with Crippen LogP contribution in [0.3, 0.4) is 0 Å². The first-order valence-electron chi connectivity index (χ1n) is 11.2. The molecule has 1 aliphatic heterocycles. The summed E-state index contributed by atoms with van der Waals surface area (Å²) in [5, 5.41) is 0. The first-order valence-corrected chi connectivity index (χ1v) is 13.6. The van der Waals surface area contributed by atoms with E-state index in [1.165, 1.54) is 49.2 Å². The van der Waals surface area contributed by atoms with Gasteiger partial charge in [0, 0.05) is 28.1 Å². The van der Waals surface area contributed by atoms with Gasteiger partial charge in [0.05, 0.1) is 5.56 Å². The van der Waals surface area contributed by atoms with Crippen molar-refractivity contribution in [1.29, 1.82) is 0 Å². The fourth-order valence-corrected chi connectivity index (χ4v) is 8.15. The highest BCUT2D eigenvalue weighted by Gasteiger charge is 2.25. The number of methoxy groups -OCH3 is 1. The number of halogens is 5. The summed E-state index contributed by atoms with van der Waals surface area (Å²) in [6, 6.07) is 9.34. The number of rotatable bonds is 9. The van der Waals surface area contributed by atoms with Crippen LogP contribution in [0.5, 0.6) is 0 Å². The van der Waals surface area contributed by atoms with E-state index in [-0.39, 0.29) is 23.4 Å². The maximum atomic E-state index is 14.8. The first-order chi connectivity index (χ1) is 15.4. The van der Waals surface area contributed by atoms with E-state index in [1.54, 1.807) is 7.11 Å². The van der Waals surface area contributed by atoms with Crippen molar-refractivity contribution in [2.45, 2.75) is 56.2 Å². The smallest absolute Gasteiger partial charge is 0.161 e. The monoisotopic (exact) mass is 468 g/mol. The molecule has 1 nitrogen and oxygen atoms in total. The highest BCUT2D eigenvalue weighted by molar-refractivity contribution is 6.59. The molecule has 1 heterocycles. The van der Waals surface area contributed by atoms with Gasteiger partial charge < -0.3 is 4.74 Å². The zero-order valence-corrected chi connectivity index (χ0v) is 19.4. The van der Waals surface area contributed by atoms with Gasteiger partial charge in [0.25, 0.3) is 0 Å². The van der Waals surface area contributed by atoms with Crippen molar-refractivity contribution in [3.05, 3.63) is 65.2 Å². The zero-order chi connectivity index (χ0) is 23.1. The van der Waals surface area contributed by atoms with E-state index in [2.05, 4.69) is 0 Å². The predicted octanol–water partition coefficient (Wildman–Crippen LogP) is 7.93. The third-order valence-electron chi connectivity index (χ3n) is 6.45. The van der Waals surface area contributed by atoms with Crippen LogP contribution in [0.4, 0.5) is 22.0 Å². The Morgan fingerprint density at radius 3 is 2.28 bits per heavy atom. The van der Waals surface area contributed by atoms with Gasteiger partial charge in [-0.2, -0.15) is 0 Å². The molecule has 174 valence electrons. The average Bonchev–Trinajstić information content (AvgIpc) is 2.78. The van der Waals surface area contributed by atoms with E-state index in [0.29, 0.717) is 5.56 Å². The minimum atomic E-state index is -1.38. The highest BCUT2D eigenvalue weighted by atomic mass is 28.3. The molecule has 0 amide bonds. The van der Waals surface area contributed by atoms with Gasteiger partial charge in [0.15, 0.2) is 5.83 Å². The maximum Gasteiger partial charge on any atom is 0.161 e. The molecule has 0 aliphatic carbocycles. The summed E-state index contributed by atoms with van der Waals surface area (Å²) in [7, 11) is 0.941. The fourth-order valence-electron chi connectivity index (χ4n) is 4.67. The van der Waals surface area contributed by atoms with E-state index in [0.717, 1.165) is 38.0 Å². The first kappa shape index (κ1) is 24.6. The Morgan fingerprint density at radius 2 is 1.69 bits per heavy atom. The van der Waals surface area contributed by atoms with Crippen LogP contribution < -0.4 is 0 Å². The van der Waals surface area contributed by atoms with E-state index in [4.69, 9.17) is 4.74 Å². The van der Waals surface area contributed by atoms with Crippen molar-refractivity contribution in [3.8, 4) is 11.1 Å². The molecule has 0 unspecified atom stereocenters. The molecule has 1 saturated heterocycles. The minimum absolute atomic E-state index is 0.0518. The highest BCUT2D eigenvalue weighted by Crippen LogP contribution is 2.38. The topological polar surface area (TPSA) is 9.23 Å². The van der Waals surface area contributed by atoms with E-state index in [1.807, 2.05) is 0 Å². The predicted molar refractivity (Wildman–Crippen MR) is 121 cm³/mol. The third kappa shape index (κ3) is 6.07. The van der Waals surface area contributed by atoms with Crippen LogP contribution in [-0.2, 0) is 4.74 Å². The zero-order valence-electron chi connectivity index (χ0n) is 18.3. The molecule has 32 heavy (non-hydrogen) atoms. The standard InChI is InChI=1S/C25H29F5OSi/c1-31-9-3-2-4-10-32-11-7-17(8-12-32)19-14-22(28)25(23(29)15-19)18-5-6-20(21(27)13-18)24(30)16-26/h5-6,13-17,32H,2-4,7-12H2,1H3/b24-16-. The van der Waals surface area contributed by atoms with Crippen molar-refractivity contribution in [2.24, 2.45) is 0 Å². The van der Waals surface area contributed by atoms with Crippen molar-refractivity contribution < 1.29 is 26.7 Å². The molecule has 0 atom stereocenters. The van der Waals surface area contributed by atoms with Gasteiger partial charge in [-0.05, 0) is 60.6 Å². The molecule has 0 radical (unpaired) electrons. The lowest BCUT2D eigenvalue weighted by atomic mass is 9.91. The van der Waals surface area contributed by atoms with Gasteiger partial charge in [0.1, 0.15) is 23.8 Å². The summed E-state index contributed by atoms with van der Waals surface area (Å²) in [5.41, 5.74) is -0.361. The SMILES string of the molecule is COCCCCC[SiH]1CCC(c2cc(F)c(-c3ccc(/C(F)=C/F)c(F)c3)c(F)c2)CC1. The van der Waals surface area contributed by atoms with E-state index < -0.39 is 37.6 Å². The van der Waals surface area contributed by atoms with Crippen molar-refractivity contribution >= 4 is 14.6 Å². The summed E-state index contributed by atoms with van der Waals surface area (Å²) in [5.74, 6) is -3.87. The molecule has 0 aromatic heterocycles. The molecule has 0 saturated carbocycles. The Hall–Kier alpha value is -1.99. The van der Waals surface area contributed by atoms with Crippen LogP contribution in [0.25, 0.3) is 17.0 Å². The van der Waals surface area contributed by atoms with Crippen LogP contribution in [-0.4, -0.2) is 22.5 Å². The Balaban J connectivity index is 1.66. The number of hydrogen-bond acceptors (Lipinski definition) is 1. The second kappa shape index (κ2) is 11.7. The van der Waals surface area contributed by atoms with E-state index >= 15 is 0 Å². The summed E-state index contributed by atoms with van der Waals surface area (Å²) < 4.78 is 74.5. The maximum absolute atomic E-state index is 14.8. The summed E-state index contributed by atoms with van der Waals surface area (Å²) in [4.78, 5) is 0. The molecular formula is C25H29F5OSi. The number of hydrogen-bond donors (Lipinski definition) is 0. The normalized spacial score (nSPS) is 19.4. The summed E-state index contributed by atoms with van der Waals surface area (Å²) in [6.45, 7) is 0.809. The molecule has 3 rings (SSSR count). The molecular weight excluding hydrogens is 439 g/mol. The van der Waals surface area contributed by atoms with Crippen LogP contribution in [0, 0.1) is 17.5 Å². The van der Waals surface area contributed by atoms with Gasteiger partial charge >= 0.3 is 0 Å². The number of ether oxygens (including phenoxy) is 1. The van der Waals surface area contributed by atoms with Gasteiger partial charge in [-0.1, -0.05) is 37.0 Å². The quantitative estimate of drug-likeness (QED) is 0.206. The Kier molecular flexibility index (Phi) is 9.05. The Bertz CT molecular complexity index is 915. The van der Waals surface area contributed by atoms with Gasteiger partial charge in [0.2, 0.25) is 0 Å². The van der Waals surface area contributed by atoms with Gasteiger partial charge in [-0.3, -0.25) is 0 Å². The van der Waals surface area contributed by atoms with Crippen LogP contribution in [0.2, 0.25) is 18.1 Å².